The van der Waals surface area contributed by atoms with Gasteiger partial charge < -0.3 is 14.0 Å². The molecule has 2 aromatic carbocycles. The lowest BCUT2D eigenvalue weighted by Crippen LogP contribution is -2.54. The van der Waals surface area contributed by atoms with Gasteiger partial charge in [-0.3, -0.25) is 10.0 Å². The second-order valence-electron chi connectivity index (χ2n) is 8.36. The number of hydrogen-bond acceptors (Lipinski definition) is 7. The molecular formula is C24H29N3O6S. The summed E-state index contributed by atoms with van der Waals surface area (Å²) in [5.41, 5.74) is 3.65. The molecule has 1 aromatic heterocycles. The monoisotopic (exact) mass is 487 g/mol. The molecule has 1 saturated heterocycles. The van der Waals surface area contributed by atoms with Crippen LogP contribution in [0.4, 0.5) is 0 Å². The molecule has 1 amide bonds. The van der Waals surface area contributed by atoms with E-state index in [1.54, 1.807) is 12.1 Å². The summed E-state index contributed by atoms with van der Waals surface area (Å²) in [5, 5.41) is 9.14. The van der Waals surface area contributed by atoms with Gasteiger partial charge in [0.2, 0.25) is 0 Å². The number of aromatic nitrogens is 2. The van der Waals surface area contributed by atoms with Crippen molar-refractivity contribution in [1.29, 1.82) is 0 Å². The summed E-state index contributed by atoms with van der Waals surface area (Å²) >= 11 is 0. The van der Waals surface area contributed by atoms with Crippen LogP contribution in [-0.4, -0.2) is 53.7 Å². The Hall–Kier alpha value is -2.95. The van der Waals surface area contributed by atoms with E-state index in [0.29, 0.717) is 12.4 Å². The standard InChI is InChI=1S/C24H29N3O6S/c28-23(26-29)24(12-16-32-17-13-24)34(30,31)20-10-8-19(9-11-20)33-15-5-1-4-14-27-18-25-21-6-2-3-7-22(21)27/h2-3,6-11,18,29H,1,4-5,12-17H2,(H,26,28). The molecule has 0 spiro atoms. The summed E-state index contributed by atoms with van der Waals surface area (Å²) in [5.74, 6) is -0.369. The number of benzene rings is 2. The number of carbonyl (C=O) groups excluding carboxylic acids is 1. The molecule has 3 aromatic rings. The van der Waals surface area contributed by atoms with Crippen LogP contribution < -0.4 is 10.2 Å². The van der Waals surface area contributed by atoms with Gasteiger partial charge in [-0.05, 0) is 68.5 Å². The van der Waals surface area contributed by atoms with Crippen molar-refractivity contribution in [2.75, 3.05) is 19.8 Å². The molecule has 0 aliphatic carbocycles. The van der Waals surface area contributed by atoms with E-state index in [9.17, 15) is 13.2 Å². The largest absolute Gasteiger partial charge is 0.494 e. The predicted molar refractivity (Wildman–Crippen MR) is 125 cm³/mol. The highest BCUT2D eigenvalue weighted by Gasteiger charge is 2.52. The number of nitrogens with zero attached hydrogens (tertiary/aromatic N) is 2. The van der Waals surface area contributed by atoms with Crippen molar-refractivity contribution >= 4 is 26.8 Å². The molecule has 0 unspecified atom stereocenters. The first kappa shape index (κ1) is 24.2. The Morgan fingerprint density at radius 2 is 1.82 bits per heavy atom. The van der Waals surface area contributed by atoms with Crippen molar-refractivity contribution in [2.24, 2.45) is 0 Å². The molecule has 9 nitrogen and oxygen atoms in total. The summed E-state index contributed by atoms with van der Waals surface area (Å²) in [6, 6.07) is 14.1. The summed E-state index contributed by atoms with van der Waals surface area (Å²) in [6.07, 6.45) is 4.68. The highest BCUT2D eigenvalue weighted by Crippen LogP contribution is 2.35. The Bertz CT molecular complexity index is 1220. The highest BCUT2D eigenvalue weighted by molar-refractivity contribution is 7.93. The zero-order chi connectivity index (χ0) is 24.0. The smallest absolute Gasteiger partial charge is 0.265 e. The first-order valence-corrected chi connectivity index (χ1v) is 12.9. The normalized spacial score (nSPS) is 15.8. The van der Waals surface area contributed by atoms with E-state index < -0.39 is 20.5 Å². The first-order chi connectivity index (χ1) is 16.5. The fraction of sp³-hybridized carbons (Fsp3) is 0.417. The molecule has 1 fully saturated rings. The maximum atomic E-state index is 13.3. The predicted octanol–water partition coefficient (Wildman–Crippen LogP) is 3.11. The van der Waals surface area contributed by atoms with Gasteiger partial charge in [-0.15, -0.1) is 0 Å². The van der Waals surface area contributed by atoms with E-state index in [1.807, 2.05) is 24.5 Å². The fourth-order valence-corrected chi connectivity index (χ4v) is 6.24. The van der Waals surface area contributed by atoms with E-state index in [0.717, 1.165) is 36.8 Å². The van der Waals surface area contributed by atoms with Gasteiger partial charge in [0.05, 0.1) is 28.9 Å². The molecule has 0 saturated carbocycles. The van der Waals surface area contributed by atoms with Crippen LogP contribution in [-0.2, 0) is 25.9 Å². The van der Waals surface area contributed by atoms with E-state index in [4.69, 9.17) is 14.7 Å². The van der Waals surface area contributed by atoms with Crippen LogP contribution >= 0.6 is 0 Å². The molecule has 4 rings (SSSR count). The fourth-order valence-electron chi connectivity index (χ4n) is 4.30. The average molecular weight is 488 g/mol. The summed E-state index contributed by atoms with van der Waals surface area (Å²) < 4.78 is 37.9. The van der Waals surface area contributed by atoms with Crippen LogP contribution in [0.25, 0.3) is 11.0 Å². The zero-order valence-electron chi connectivity index (χ0n) is 18.9. The molecule has 2 N–H and O–H groups in total. The topological polar surface area (TPSA) is 120 Å². The maximum absolute atomic E-state index is 13.3. The van der Waals surface area contributed by atoms with Crippen molar-refractivity contribution in [3.63, 3.8) is 0 Å². The van der Waals surface area contributed by atoms with Gasteiger partial charge in [0.25, 0.3) is 5.91 Å². The van der Waals surface area contributed by atoms with Crippen LogP contribution in [0.5, 0.6) is 5.75 Å². The van der Waals surface area contributed by atoms with Gasteiger partial charge in [-0.25, -0.2) is 18.9 Å². The van der Waals surface area contributed by atoms with Gasteiger partial charge in [0.15, 0.2) is 14.6 Å². The number of hydroxylamine groups is 1. The molecule has 0 bridgehead atoms. The molecule has 1 aliphatic rings. The number of unbranched alkanes of at least 4 members (excludes halogenated alkanes) is 2. The lowest BCUT2D eigenvalue weighted by Gasteiger charge is -2.34. The molecule has 182 valence electrons. The maximum Gasteiger partial charge on any atom is 0.265 e. The van der Waals surface area contributed by atoms with Crippen molar-refractivity contribution in [3.05, 3.63) is 54.9 Å². The van der Waals surface area contributed by atoms with Crippen LogP contribution in [0, 0.1) is 0 Å². The molecule has 34 heavy (non-hydrogen) atoms. The third kappa shape index (κ3) is 4.79. The number of rotatable bonds is 10. The summed E-state index contributed by atoms with van der Waals surface area (Å²) in [7, 11) is -4.04. The van der Waals surface area contributed by atoms with E-state index in [1.165, 1.54) is 17.6 Å². The van der Waals surface area contributed by atoms with Gasteiger partial charge >= 0.3 is 0 Å². The quantitative estimate of drug-likeness (QED) is 0.256. The third-order valence-corrected chi connectivity index (χ3v) is 8.82. The first-order valence-electron chi connectivity index (χ1n) is 11.4. The van der Waals surface area contributed by atoms with Crippen molar-refractivity contribution in [3.8, 4) is 5.75 Å². The molecule has 0 atom stereocenters. The Labute approximate surface area is 198 Å². The minimum atomic E-state index is -4.04. The Morgan fingerprint density at radius 3 is 2.56 bits per heavy atom. The van der Waals surface area contributed by atoms with E-state index >= 15 is 0 Å². The molecule has 1 aliphatic heterocycles. The second-order valence-corrected chi connectivity index (χ2v) is 10.6. The summed E-state index contributed by atoms with van der Waals surface area (Å²) in [6.45, 7) is 1.67. The lowest BCUT2D eigenvalue weighted by molar-refractivity contribution is -0.134. The number of sulfone groups is 1. The van der Waals surface area contributed by atoms with Crippen molar-refractivity contribution in [1.82, 2.24) is 15.0 Å². The van der Waals surface area contributed by atoms with Crippen molar-refractivity contribution < 1.29 is 27.9 Å². The highest BCUT2D eigenvalue weighted by atomic mass is 32.2. The zero-order valence-corrected chi connectivity index (χ0v) is 19.7. The average Bonchev–Trinajstić information content (AvgIpc) is 3.29. The number of fused-ring (bicyclic) bond motifs is 1. The SMILES string of the molecule is O=C(NO)C1(S(=O)(=O)c2ccc(OCCCCCn3cnc4ccccc43)cc2)CCOCC1. The lowest BCUT2D eigenvalue weighted by atomic mass is 9.98. The van der Waals surface area contributed by atoms with Crippen LogP contribution in [0.1, 0.15) is 32.1 Å². The molecular weight excluding hydrogens is 458 g/mol. The number of ether oxygens (including phenoxy) is 2. The third-order valence-electron chi connectivity index (χ3n) is 6.30. The second kappa shape index (κ2) is 10.5. The van der Waals surface area contributed by atoms with Crippen LogP contribution in [0.15, 0.2) is 59.8 Å². The van der Waals surface area contributed by atoms with Gasteiger partial charge in [-0.1, -0.05) is 12.1 Å². The number of para-hydroxylation sites is 2. The minimum absolute atomic E-state index is 0.0120. The van der Waals surface area contributed by atoms with Gasteiger partial charge in [0, 0.05) is 19.8 Å². The van der Waals surface area contributed by atoms with E-state index in [-0.39, 0.29) is 31.0 Å². The molecule has 10 heteroatoms. The van der Waals surface area contributed by atoms with Crippen molar-refractivity contribution in [2.45, 2.75) is 48.3 Å². The number of nitrogens with one attached hydrogen (secondary N) is 1. The number of aryl methyl sites for hydroxylation is 1. The Morgan fingerprint density at radius 1 is 1.09 bits per heavy atom. The van der Waals surface area contributed by atoms with Crippen LogP contribution in [0.2, 0.25) is 0 Å². The Balaban J connectivity index is 1.28. The number of carbonyl (C=O) groups is 1. The minimum Gasteiger partial charge on any atom is -0.494 e. The molecule has 0 radical (unpaired) electrons. The van der Waals surface area contributed by atoms with E-state index in [2.05, 4.69) is 15.6 Å². The Kier molecular flexibility index (Phi) is 7.50. The van der Waals surface area contributed by atoms with Gasteiger partial charge in [-0.2, -0.15) is 0 Å². The number of hydrogen-bond donors (Lipinski definition) is 2. The van der Waals surface area contributed by atoms with Crippen LogP contribution in [0.3, 0.4) is 0 Å². The molecule has 2 heterocycles. The summed E-state index contributed by atoms with van der Waals surface area (Å²) in [4.78, 5) is 16.7. The number of amides is 1. The van der Waals surface area contributed by atoms with Gasteiger partial charge in [0.1, 0.15) is 5.75 Å². The number of imidazole rings is 1.